The predicted molar refractivity (Wildman–Crippen MR) is 131 cm³/mol. The number of aliphatic hydroxyl groups is 1. The molecule has 3 aromatic rings. The molecule has 0 unspecified atom stereocenters. The number of imide groups is 1. The molecule has 6 rings (SSSR count). The lowest BCUT2D eigenvalue weighted by atomic mass is 9.84. The maximum Gasteiger partial charge on any atom is 0.243 e. The van der Waals surface area contributed by atoms with Gasteiger partial charge in [0.05, 0.1) is 39.5 Å². The smallest absolute Gasteiger partial charge is 0.243 e. The molecule has 35 heavy (non-hydrogen) atoms. The van der Waals surface area contributed by atoms with Gasteiger partial charge in [-0.25, -0.2) is 4.90 Å². The van der Waals surface area contributed by atoms with Crippen LogP contribution in [0.25, 0.3) is 5.76 Å². The zero-order chi connectivity index (χ0) is 24.4. The first-order valence-electron chi connectivity index (χ1n) is 10.8. The zero-order valence-corrected chi connectivity index (χ0v) is 19.4. The number of nitrogens with zero attached hydrogens (tertiary/aromatic N) is 3. The summed E-state index contributed by atoms with van der Waals surface area (Å²) in [4.78, 5) is 50.8. The van der Waals surface area contributed by atoms with E-state index in [2.05, 4.69) is 9.98 Å². The van der Waals surface area contributed by atoms with Gasteiger partial charge in [-0.1, -0.05) is 53.5 Å². The Morgan fingerprint density at radius 3 is 2.31 bits per heavy atom. The number of allylic oxidation sites excluding steroid dienone is 1. The summed E-state index contributed by atoms with van der Waals surface area (Å²) in [5, 5.41) is 11.5. The molecule has 2 amide bonds. The summed E-state index contributed by atoms with van der Waals surface area (Å²) in [5.74, 6) is -3.83. The highest BCUT2D eigenvalue weighted by molar-refractivity contribution is 6.44. The van der Waals surface area contributed by atoms with Crippen molar-refractivity contribution in [2.45, 2.75) is 6.04 Å². The number of anilines is 1. The van der Waals surface area contributed by atoms with Crippen LogP contribution in [0.4, 0.5) is 5.69 Å². The van der Waals surface area contributed by atoms with Crippen molar-refractivity contribution in [3.05, 3.63) is 99.3 Å². The van der Waals surface area contributed by atoms with Gasteiger partial charge in [-0.2, -0.15) is 0 Å². The van der Waals surface area contributed by atoms with Crippen LogP contribution in [-0.2, 0) is 9.59 Å². The number of aromatic nitrogens is 1. The molecule has 172 valence electrons. The number of rotatable bonds is 3. The van der Waals surface area contributed by atoms with Gasteiger partial charge < -0.3 is 5.11 Å². The average molecular weight is 504 g/mol. The highest BCUT2D eigenvalue weighted by Crippen LogP contribution is 2.49. The maximum absolute atomic E-state index is 13.8. The van der Waals surface area contributed by atoms with Gasteiger partial charge in [0.25, 0.3) is 0 Å². The van der Waals surface area contributed by atoms with Gasteiger partial charge in [0, 0.05) is 22.3 Å². The number of amides is 2. The van der Waals surface area contributed by atoms with E-state index in [-0.39, 0.29) is 27.8 Å². The zero-order valence-electron chi connectivity index (χ0n) is 17.9. The Hall–Kier alpha value is -3.81. The summed E-state index contributed by atoms with van der Waals surface area (Å²) in [7, 11) is 0. The van der Waals surface area contributed by atoms with Crippen LogP contribution in [0.1, 0.15) is 27.7 Å². The second-order valence-corrected chi connectivity index (χ2v) is 9.27. The van der Waals surface area contributed by atoms with E-state index in [4.69, 9.17) is 23.2 Å². The number of aliphatic imine (C=N–C) groups is 1. The van der Waals surface area contributed by atoms with Crippen LogP contribution in [0.15, 0.2) is 77.4 Å². The van der Waals surface area contributed by atoms with Crippen molar-refractivity contribution in [1.82, 2.24) is 4.98 Å². The fraction of sp³-hybridized carbons (Fsp3) is 0.115. The van der Waals surface area contributed by atoms with Gasteiger partial charge >= 0.3 is 0 Å². The minimum Gasteiger partial charge on any atom is -0.506 e. The lowest BCUT2D eigenvalue weighted by molar-refractivity contribution is -0.122. The molecule has 7 nitrogen and oxygen atoms in total. The summed E-state index contributed by atoms with van der Waals surface area (Å²) in [6.45, 7) is 0. The molecule has 2 aliphatic heterocycles. The van der Waals surface area contributed by atoms with E-state index in [0.29, 0.717) is 21.8 Å². The number of hydrogen-bond donors (Lipinski definition) is 1. The normalized spacial score (nSPS) is 23.1. The minimum absolute atomic E-state index is 0.0650. The number of carbonyl (C=O) groups excluding carboxylic acids is 3. The van der Waals surface area contributed by atoms with Crippen LogP contribution in [-0.4, -0.2) is 33.4 Å². The molecule has 3 aliphatic rings. The molecular weight excluding hydrogens is 489 g/mol. The number of ketones is 1. The number of Topliss-reactive ketones (excluding diaryl/α,β-unsaturated/α-hetero) is 1. The lowest BCUT2D eigenvalue weighted by Gasteiger charge is -2.19. The van der Waals surface area contributed by atoms with Gasteiger partial charge in [0.2, 0.25) is 11.8 Å². The highest BCUT2D eigenvalue weighted by Gasteiger charge is 2.60. The number of aliphatic hydroxyl groups excluding tert-OH is 1. The molecule has 1 N–H and O–H groups in total. The molecule has 3 atom stereocenters. The molecule has 9 heteroatoms. The topological polar surface area (TPSA) is 99.9 Å². The van der Waals surface area contributed by atoms with Crippen LogP contribution in [0.3, 0.4) is 0 Å². The molecule has 0 spiro atoms. The molecule has 1 aliphatic carbocycles. The standard InChI is InChI=1S/C26H15Cl2N3O4/c27-12-8-9-17(15(28)11-12)31-25(34)18-19(26(31)35)22(30-21(18)16-7-3-4-10-29-16)20-23(32)13-5-1-2-6-14(13)24(20)33/h1-11,18-19,21,32H/t18-,19+,21+/m0/s1. The van der Waals surface area contributed by atoms with Crippen LogP contribution in [0.5, 0.6) is 0 Å². The number of pyridine rings is 1. The van der Waals surface area contributed by atoms with Gasteiger partial charge in [-0.3, -0.25) is 24.4 Å². The summed E-state index contributed by atoms with van der Waals surface area (Å²) in [5.41, 5.74) is 1.36. The summed E-state index contributed by atoms with van der Waals surface area (Å²) in [6.07, 6.45) is 1.57. The van der Waals surface area contributed by atoms with Crippen LogP contribution in [0.2, 0.25) is 10.0 Å². The largest absolute Gasteiger partial charge is 0.506 e. The Balaban J connectivity index is 1.52. The van der Waals surface area contributed by atoms with E-state index < -0.39 is 35.5 Å². The van der Waals surface area contributed by atoms with Crippen molar-refractivity contribution in [1.29, 1.82) is 0 Å². The maximum atomic E-state index is 13.8. The lowest BCUT2D eigenvalue weighted by Crippen LogP contribution is -2.34. The van der Waals surface area contributed by atoms with E-state index >= 15 is 0 Å². The second kappa shape index (κ2) is 7.86. The van der Waals surface area contributed by atoms with Crippen molar-refractivity contribution < 1.29 is 19.5 Å². The quantitative estimate of drug-likeness (QED) is 0.514. The number of carbonyl (C=O) groups is 3. The van der Waals surface area contributed by atoms with Crippen molar-refractivity contribution in [3.63, 3.8) is 0 Å². The number of halogens is 2. The third-order valence-electron chi connectivity index (χ3n) is 6.55. The first kappa shape index (κ1) is 21.7. The van der Waals surface area contributed by atoms with E-state index in [9.17, 15) is 19.5 Å². The molecule has 1 fully saturated rings. The van der Waals surface area contributed by atoms with Gasteiger partial charge in [0.1, 0.15) is 11.8 Å². The highest BCUT2D eigenvalue weighted by atomic mass is 35.5. The average Bonchev–Trinajstić information content (AvgIpc) is 3.45. The van der Waals surface area contributed by atoms with Crippen molar-refractivity contribution >= 4 is 58.0 Å². The number of benzene rings is 2. The van der Waals surface area contributed by atoms with Crippen LogP contribution < -0.4 is 4.90 Å². The van der Waals surface area contributed by atoms with E-state index in [1.807, 2.05) is 0 Å². The van der Waals surface area contributed by atoms with Crippen molar-refractivity contribution in [2.24, 2.45) is 16.8 Å². The van der Waals surface area contributed by atoms with E-state index in [1.165, 1.54) is 18.2 Å². The van der Waals surface area contributed by atoms with Crippen LogP contribution in [0, 0.1) is 11.8 Å². The van der Waals surface area contributed by atoms with Gasteiger partial charge in [-0.05, 0) is 30.3 Å². The Bertz CT molecular complexity index is 1520. The first-order chi connectivity index (χ1) is 16.9. The Labute approximate surface area is 209 Å². The van der Waals surface area contributed by atoms with Crippen molar-refractivity contribution in [2.75, 3.05) is 4.90 Å². The Morgan fingerprint density at radius 2 is 1.63 bits per heavy atom. The fourth-order valence-corrected chi connectivity index (χ4v) is 5.52. The predicted octanol–water partition coefficient (Wildman–Crippen LogP) is 4.86. The molecular formula is C26H15Cl2N3O4. The van der Waals surface area contributed by atoms with Gasteiger partial charge in [0.15, 0.2) is 5.78 Å². The molecule has 0 radical (unpaired) electrons. The first-order valence-corrected chi connectivity index (χ1v) is 11.5. The van der Waals surface area contributed by atoms with Gasteiger partial charge in [-0.15, -0.1) is 0 Å². The molecule has 1 saturated heterocycles. The number of fused-ring (bicyclic) bond motifs is 2. The molecule has 1 aromatic heterocycles. The Kier molecular flexibility index (Phi) is 4.88. The minimum atomic E-state index is -1.09. The van der Waals surface area contributed by atoms with E-state index in [0.717, 1.165) is 4.90 Å². The third-order valence-corrected chi connectivity index (χ3v) is 7.09. The molecule has 3 heterocycles. The molecule has 2 aromatic carbocycles. The van der Waals surface area contributed by atoms with Crippen molar-refractivity contribution in [3.8, 4) is 0 Å². The van der Waals surface area contributed by atoms with E-state index in [1.54, 1.807) is 48.7 Å². The number of hydrogen-bond acceptors (Lipinski definition) is 6. The monoisotopic (exact) mass is 503 g/mol. The summed E-state index contributed by atoms with van der Waals surface area (Å²) in [6, 6.07) is 15.5. The Morgan fingerprint density at radius 1 is 0.886 bits per heavy atom. The fourth-order valence-electron chi connectivity index (χ4n) is 5.03. The SMILES string of the molecule is O=C1C(C2=N[C@H](c3ccccn3)[C@H]3C(=O)N(c4ccc(Cl)cc4Cl)C(=O)[C@@H]23)=C(O)c2ccccc21. The molecule has 0 saturated carbocycles. The summed E-state index contributed by atoms with van der Waals surface area (Å²) >= 11 is 12.4. The second-order valence-electron chi connectivity index (χ2n) is 8.42. The molecule has 0 bridgehead atoms. The summed E-state index contributed by atoms with van der Waals surface area (Å²) < 4.78 is 0. The van der Waals surface area contributed by atoms with Crippen LogP contribution >= 0.6 is 23.2 Å². The third kappa shape index (κ3) is 3.08.